The lowest BCUT2D eigenvalue weighted by atomic mass is 10.0. The van der Waals surface area contributed by atoms with Gasteiger partial charge in [0, 0.05) is 44.7 Å². The number of piperidine rings is 1. The first-order valence-corrected chi connectivity index (χ1v) is 9.54. The summed E-state index contributed by atoms with van der Waals surface area (Å²) in [6.45, 7) is 2.89. The zero-order chi connectivity index (χ0) is 18.2. The van der Waals surface area contributed by atoms with Crippen LogP contribution in [-0.4, -0.2) is 61.4 Å². The number of rotatable bonds is 5. The van der Waals surface area contributed by atoms with Gasteiger partial charge in [-0.15, -0.1) is 0 Å². The number of sulfonamides is 1. The maximum atomic E-state index is 12.7. The first-order valence-electron chi connectivity index (χ1n) is 8.10. The quantitative estimate of drug-likeness (QED) is 0.816. The zero-order valence-electron chi connectivity index (χ0n) is 13.8. The Kier molecular flexibility index (Phi) is 5.11. The maximum absolute atomic E-state index is 12.7. The first kappa shape index (κ1) is 18.6. The molecule has 1 N–H and O–H groups in total. The summed E-state index contributed by atoms with van der Waals surface area (Å²) < 4.78 is 70.6. The highest BCUT2D eigenvalue weighted by Crippen LogP contribution is 2.30. The summed E-state index contributed by atoms with van der Waals surface area (Å²) in [5, 5.41) is 6.25. The van der Waals surface area contributed by atoms with Crippen molar-refractivity contribution in [3.05, 3.63) is 11.8 Å². The van der Waals surface area contributed by atoms with Crippen molar-refractivity contribution in [2.24, 2.45) is 13.0 Å². The summed E-state index contributed by atoms with van der Waals surface area (Å²) in [6, 6.07) is 0.806. The molecule has 11 heteroatoms. The third-order valence-corrected chi connectivity index (χ3v) is 6.54. The van der Waals surface area contributed by atoms with Crippen molar-refractivity contribution in [3.8, 4) is 0 Å². The van der Waals surface area contributed by atoms with Crippen LogP contribution >= 0.6 is 0 Å². The second kappa shape index (κ2) is 6.86. The highest BCUT2D eigenvalue weighted by Gasteiger charge is 2.38. The third-order valence-electron chi connectivity index (χ3n) is 4.59. The molecule has 2 saturated heterocycles. The standard InChI is InChI=1S/C14H21F3N4O3S/c1-20-13(6-12(19-20)14(15,16)17)25(22,23)21-4-2-11(3-5-21)18-7-10-8-24-9-10/h6,10-11,18H,2-5,7-9H2,1H3. The molecule has 0 radical (unpaired) electrons. The molecule has 0 spiro atoms. The molecule has 142 valence electrons. The van der Waals surface area contributed by atoms with Crippen LogP contribution in [0.1, 0.15) is 18.5 Å². The van der Waals surface area contributed by atoms with E-state index in [0.29, 0.717) is 24.8 Å². The predicted molar refractivity (Wildman–Crippen MR) is 82.3 cm³/mol. The average Bonchev–Trinajstić information content (AvgIpc) is 2.89. The number of alkyl halides is 3. The van der Waals surface area contributed by atoms with Crippen LogP contribution in [0, 0.1) is 5.92 Å². The smallest absolute Gasteiger partial charge is 0.381 e. The van der Waals surface area contributed by atoms with Crippen molar-refractivity contribution >= 4 is 10.0 Å². The molecular weight excluding hydrogens is 361 g/mol. The van der Waals surface area contributed by atoms with Gasteiger partial charge in [-0.05, 0) is 12.8 Å². The molecule has 0 aliphatic carbocycles. The lowest BCUT2D eigenvalue weighted by Gasteiger charge is -2.33. The van der Waals surface area contributed by atoms with E-state index in [4.69, 9.17) is 4.74 Å². The lowest BCUT2D eigenvalue weighted by molar-refractivity contribution is -0.141. The molecule has 0 aromatic carbocycles. The minimum atomic E-state index is -4.67. The van der Waals surface area contributed by atoms with Gasteiger partial charge in [-0.2, -0.15) is 22.6 Å². The topological polar surface area (TPSA) is 76.5 Å². The van der Waals surface area contributed by atoms with Crippen LogP contribution in [0.3, 0.4) is 0 Å². The van der Waals surface area contributed by atoms with Crippen LogP contribution < -0.4 is 5.32 Å². The Morgan fingerprint density at radius 2 is 1.96 bits per heavy atom. The first-order chi connectivity index (χ1) is 11.7. The van der Waals surface area contributed by atoms with Crippen molar-refractivity contribution in [1.82, 2.24) is 19.4 Å². The van der Waals surface area contributed by atoms with Crippen molar-refractivity contribution in [2.75, 3.05) is 32.8 Å². The Bertz CT molecular complexity index is 707. The van der Waals surface area contributed by atoms with E-state index in [9.17, 15) is 21.6 Å². The minimum absolute atomic E-state index is 0.212. The van der Waals surface area contributed by atoms with Crippen molar-refractivity contribution in [3.63, 3.8) is 0 Å². The molecule has 3 rings (SSSR count). The van der Waals surface area contributed by atoms with Crippen molar-refractivity contribution < 1.29 is 26.3 Å². The van der Waals surface area contributed by atoms with Gasteiger partial charge in [0.25, 0.3) is 10.0 Å². The minimum Gasteiger partial charge on any atom is -0.381 e. The molecule has 0 unspecified atom stereocenters. The van der Waals surface area contributed by atoms with Gasteiger partial charge in [0.1, 0.15) is 0 Å². The van der Waals surface area contributed by atoms with Gasteiger partial charge in [0.05, 0.1) is 13.2 Å². The molecule has 25 heavy (non-hydrogen) atoms. The fraction of sp³-hybridized carbons (Fsp3) is 0.786. The number of ether oxygens (including phenoxy) is 1. The molecule has 0 atom stereocenters. The molecule has 2 aliphatic heterocycles. The number of hydrogen-bond donors (Lipinski definition) is 1. The SMILES string of the molecule is Cn1nc(C(F)(F)F)cc1S(=O)(=O)N1CCC(NCC2COC2)CC1. The highest BCUT2D eigenvalue weighted by molar-refractivity contribution is 7.89. The average molecular weight is 382 g/mol. The molecule has 0 amide bonds. The number of hydrogen-bond acceptors (Lipinski definition) is 5. The van der Waals surface area contributed by atoms with Crippen LogP contribution in [0.4, 0.5) is 13.2 Å². The molecule has 0 saturated carbocycles. The Morgan fingerprint density at radius 3 is 2.44 bits per heavy atom. The number of halogens is 3. The normalized spacial score (nSPS) is 21.4. The fourth-order valence-corrected chi connectivity index (χ4v) is 4.59. The number of nitrogens with zero attached hydrogens (tertiary/aromatic N) is 3. The van der Waals surface area contributed by atoms with Gasteiger partial charge in [-0.1, -0.05) is 0 Å². The Morgan fingerprint density at radius 1 is 1.32 bits per heavy atom. The lowest BCUT2D eigenvalue weighted by Crippen LogP contribution is -2.47. The van der Waals surface area contributed by atoms with Gasteiger partial charge in [-0.3, -0.25) is 4.68 Å². The highest BCUT2D eigenvalue weighted by atomic mass is 32.2. The Balaban J connectivity index is 1.62. The largest absolute Gasteiger partial charge is 0.435 e. The van der Waals surface area contributed by atoms with Crippen LogP contribution in [0.15, 0.2) is 11.1 Å². The van der Waals surface area contributed by atoms with E-state index in [1.54, 1.807) is 0 Å². The summed E-state index contributed by atoms with van der Waals surface area (Å²) in [5.41, 5.74) is -1.20. The maximum Gasteiger partial charge on any atom is 0.435 e. The van der Waals surface area contributed by atoms with Crippen LogP contribution in [0.2, 0.25) is 0 Å². The molecule has 3 heterocycles. The molecule has 1 aromatic rings. The van der Waals surface area contributed by atoms with Gasteiger partial charge >= 0.3 is 6.18 Å². The second-order valence-corrected chi connectivity index (χ2v) is 8.36. The van der Waals surface area contributed by atoms with Gasteiger partial charge in [0.2, 0.25) is 0 Å². The van der Waals surface area contributed by atoms with Gasteiger partial charge in [-0.25, -0.2) is 8.42 Å². The molecule has 7 nitrogen and oxygen atoms in total. The molecule has 2 aliphatic rings. The summed E-state index contributed by atoms with van der Waals surface area (Å²) in [7, 11) is -2.79. The summed E-state index contributed by atoms with van der Waals surface area (Å²) in [6.07, 6.45) is -3.43. The van der Waals surface area contributed by atoms with E-state index < -0.39 is 26.9 Å². The van der Waals surface area contributed by atoms with E-state index in [2.05, 4.69) is 10.4 Å². The van der Waals surface area contributed by atoms with E-state index in [-0.39, 0.29) is 19.1 Å². The third kappa shape index (κ3) is 3.99. The van der Waals surface area contributed by atoms with Crippen LogP contribution in [-0.2, 0) is 28.0 Å². The zero-order valence-corrected chi connectivity index (χ0v) is 14.6. The fourth-order valence-electron chi connectivity index (χ4n) is 3.00. The number of aromatic nitrogens is 2. The molecular formula is C14H21F3N4O3S. The van der Waals surface area contributed by atoms with Crippen molar-refractivity contribution in [1.29, 1.82) is 0 Å². The second-order valence-electron chi connectivity index (χ2n) is 6.48. The summed E-state index contributed by atoms with van der Waals surface area (Å²) >= 11 is 0. The van der Waals surface area contributed by atoms with E-state index in [0.717, 1.165) is 24.4 Å². The summed E-state index contributed by atoms with van der Waals surface area (Å²) in [5.74, 6) is 0.511. The van der Waals surface area contributed by atoms with Crippen LogP contribution in [0.25, 0.3) is 0 Å². The van der Waals surface area contributed by atoms with Crippen LogP contribution in [0.5, 0.6) is 0 Å². The molecule has 1 aromatic heterocycles. The van der Waals surface area contributed by atoms with E-state index >= 15 is 0 Å². The van der Waals surface area contributed by atoms with Gasteiger partial charge < -0.3 is 10.1 Å². The van der Waals surface area contributed by atoms with Crippen molar-refractivity contribution in [2.45, 2.75) is 30.1 Å². The Labute approximate surface area is 144 Å². The summed E-state index contributed by atoms with van der Waals surface area (Å²) in [4.78, 5) is 0. The van der Waals surface area contributed by atoms with Gasteiger partial charge in [0.15, 0.2) is 10.7 Å². The predicted octanol–water partition coefficient (Wildman–Crippen LogP) is 0.828. The molecule has 0 bridgehead atoms. The Hall–Kier alpha value is -1.17. The molecule has 2 fully saturated rings. The van der Waals surface area contributed by atoms with E-state index in [1.807, 2.05) is 0 Å². The number of nitrogens with one attached hydrogen (secondary N) is 1. The monoisotopic (exact) mass is 382 g/mol. The van der Waals surface area contributed by atoms with E-state index in [1.165, 1.54) is 11.4 Å². The number of aryl methyl sites for hydroxylation is 1.